The van der Waals surface area contributed by atoms with Crippen LogP contribution in [0.5, 0.6) is 11.5 Å². The lowest BCUT2D eigenvalue weighted by atomic mass is 10.2. The van der Waals surface area contributed by atoms with Gasteiger partial charge in [-0.1, -0.05) is 37.6 Å². The minimum absolute atomic E-state index is 0.0657. The maximum Gasteiger partial charge on any atom is 0.345 e. The minimum atomic E-state index is -4.02. The maximum atomic E-state index is 13.1. The molecule has 0 aromatic heterocycles. The van der Waals surface area contributed by atoms with Gasteiger partial charge >= 0.3 is 5.97 Å². The van der Waals surface area contributed by atoms with Crippen LogP contribution in [-0.2, 0) is 10.0 Å². The molecule has 200 valence electrons. The fourth-order valence-corrected chi connectivity index (χ4v) is 5.27. The zero-order valence-corrected chi connectivity index (χ0v) is 22.3. The van der Waals surface area contributed by atoms with Crippen LogP contribution in [0.15, 0.2) is 70.7 Å². The number of non-ortho nitro benzene ring substituents is 1. The van der Waals surface area contributed by atoms with Crippen molar-refractivity contribution in [2.75, 3.05) is 25.6 Å². The lowest BCUT2D eigenvalue weighted by Gasteiger charge is -2.20. The lowest BCUT2D eigenvalue weighted by Crippen LogP contribution is -2.31. The maximum absolute atomic E-state index is 13.1. The zero-order chi connectivity index (χ0) is 27.9. The summed E-state index contributed by atoms with van der Waals surface area (Å²) in [6.45, 7) is 3.73. The Labute approximate surface area is 224 Å². The number of nitrogens with one attached hydrogen (secondary N) is 1. The van der Waals surface area contributed by atoms with E-state index in [2.05, 4.69) is 10.5 Å². The molecular weight excluding hydrogens is 536 g/mol. The van der Waals surface area contributed by atoms with E-state index in [9.17, 15) is 23.3 Å². The Balaban J connectivity index is 1.85. The number of ether oxygens (including phenoxy) is 2. The number of hydrazone groups is 1. The van der Waals surface area contributed by atoms with Gasteiger partial charge in [-0.2, -0.15) is 9.41 Å². The SMILES string of the molecule is CCN(CC)S(=O)(=O)c1cc([N+](=O)[O-])ccc1N/N=C\c1ccc(OC(=O)c2ccccc2Cl)c(OC)c1. The molecule has 0 aliphatic carbocycles. The van der Waals surface area contributed by atoms with E-state index in [1.54, 1.807) is 44.2 Å². The number of nitrogens with zero attached hydrogens (tertiary/aromatic N) is 3. The third kappa shape index (κ3) is 6.46. The number of benzene rings is 3. The summed E-state index contributed by atoms with van der Waals surface area (Å²) < 4.78 is 38.1. The molecule has 0 saturated carbocycles. The monoisotopic (exact) mass is 560 g/mol. The van der Waals surface area contributed by atoms with Crippen molar-refractivity contribution < 1.29 is 27.6 Å². The van der Waals surface area contributed by atoms with Crippen molar-refractivity contribution in [1.29, 1.82) is 0 Å². The van der Waals surface area contributed by atoms with Gasteiger partial charge in [-0.05, 0) is 42.0 Å². The number of methoxy groups -OCH3 is 1. The molecule has 3 aromatic rings. The molecule has 0 aliphatic heterocycles. The van der Waals surface area contributed by atoms with E-state index in [0.717, 1.165) is 6.07 Å². The van der Waals surface area contributed by atoms with Crippen LogP contribution in [0.4, 0.5) is 11.4 Å². The van der Waals surface area contributed by atoms with Crippen molar-refractivity contribution in [3.8, 4) is 11.5 Å². The Hall–Kier alpha value is -4.00. The van der Waals surface area contributed by atoms with E-state index in [1.165, 1.54) is 41.9 Å². The summed E-state index contributed by atoms with van der Waals surface area (Å²) in [5, 5.41) is 15.6. The van der Waals surface area contributed by atoms with Crippen molar-refractivity contribution in [2.24, 2.45) is 5.10 Å². The second-order valence-electron chi connectivity index (χ2n) is 7.68. The number of hydrogen-bond acceptors (Lipinski definition) is 9. The van der Waals surface area contributed by atoms with E-state index >= 15 is 0 Å². The van der Waals surface area contributed by atoms with Gasteiger partial charge in [0.2, 0.25) is 10.0 Å². The molecule has 38 heavy (non-hydrogen) atoms. The van der Waals surface area contributed by atoms with E-state index in [0.29, 0.717) is 5.56 Å². The number of esters is 1. The highest BCUT2D eigenvalue weighted by molar-refractivity contribution is 7.89. The molecule has 0 amide bonds. The first-order valence-corrected chi connectivity index (χ1v) is 13.2. The Bertz CT molecular complexity index is 1470. The van der Waals surface area contributed by atoms with E-state index in [-0.39, 0.29) is 51.4 Å². The normalized spacial score (nSPS) is 11.5. The summed E-state index contributed by atoms with van der Waals surface area (Å²) in [5.74, 6) is -0.253. The number of nitro groups is 1. The summed E-state index contributed by atoms with van der Waals surface area (Å²) in [4.78, 5) is 22.8. The molecule has 0 heterocycles. The largest absolute Gasteiger partial charge is 0.493 e. The average molecular weight is 561 g/mol. The third-order valence-corrected chi connectivity index (χ3v) is 7.80. The van der Waals surface area contributed by atoms with Crippen LogP contribution in [0.25, 0.3) is 0 Å². The first-order valence-electron chi connectivity index (χ1n) is 11.3. The molecule has 0 radical (unpaired) electrons. The molecule has 1 N–H and O–H groups in total. The van der Waals surface area contributed by atoms with Gasteiger partial charge < -0.3 is 9.47 Å². The molecule has 0 bridgehead atoms. The van der Waals surface area contributed by atoms with Crippen molar-refractivity contribution in [3.63, 3.8) is 0 Å². The molecular formula is C25H25ClN4O7S. The molecule has 0 fully saturated rings. The Morgan fingerprint density at radius 3 is 2.45 bits per heavy atom. The summed E-state index contributed by atoms with van der Waals surface area (Å²) in [7, 11) is -2.62. The summed E-state index contributed by atoms with van der Waals surface area (Å²) >= 11 is 6.06. The van der Waals surface area contributed by atoms with E-state index in [1.807, 2.05) is 0 Å². The fraction of sp³-hybridized carbons (Fsp3) is 0.200. The van der Waals surface area contributed by atoms with Gasteiger partial charge in [-0.25, -0.2) is 13.2 Å². The lowest BCUT2D eigenvalue weighted by molar-refractivity contribution is -0.385. The van der Waals surface area contributed by atoms with Gasteiger partial charge in [0.1, 0.15) is 4.90 Å². The van der Waals surface area contributed by atoms with Gasteiger partial charge in [0.25, 0.3) is 5.69 Å². The molecule has 13 heteroatoms. The molecule has 0 saturated heterocycles. The van der Waals surface area contributed by atoms with Gasteiger partial charge in [-0.15, -0.1) is 0 Å². The first kappa shape index (κ1) is 28.6. The van der Waals surface area contributed by atoms with Crippen molar-refractivity contribution in [2.45, 2.75) is 18.7 Å². The predicted octanol–water partition coefficient (Wildman–Crippen LogP) is 4.95. The quantitative estimate of drug-likeness (QED) is 0.114. The fourth-order valence-electron chi connectivity index (χ4n) is 3.44. The van der Waals surface area contributed by atoms with Gasteiger partial charge in [0, 0.05) is 25.2 Å². The summed E-state index contributed by atoms with van der Waals surface area (Å²) in [5.41, 5.74) is 3.08. The molecule has 11 nitrogen and oxygen atoms in total. The van der Waals surface area contributed by atoms with E-state index in [4.69, 9.17) is 21.1 Å². The standard InChI is InChI=1S/C25H25ClN4O7S/c1-4-29(5-2)38(34,35)24-15-18(30(32)33)11-12-21(24)28-27-16-17-10-13-22(23(14-17)36-3)37-25(31)19-8-6-7-9-20(19)26/h6-16,28H,4-5H2,1-3H3/b27-16-. The van der Waals surface area contributed by atoms with Crippen LogP contribution in [0.3, 0.4) is 0 Å². The van der Waals surface area contributed by atoms with Crippen molar-refractivity contribution in [1.82, 2.24) is 4.31 Å². The van der Waals surface area contributed by atoms with Crippen LogP contribution < -0.4 is 14.9 Å². The minimum Gasteiger partial charge on any atom is -0.493 e. The second-order valence-corrected chi connectivity index (χ2v) is 9.99. The Morgan fingerprint density at radius 2 is 1.82 bits per heavy atom. The third-order valence-electron chi connectivity index (χ3n) is 5.38. The van der Waals surface area contributed by atoms with E-state index < -0.39 is 20.9 Å². The number of rotatable bonds is 11. The number of sulfonamides is 1. The molecule has 0 aliphatic rings. The van der Waals surface area contributed by atoms with Gasteiger partial charge in [0.15, 0.2) is 11.5 Å². The predicted molar refractivity (Wildman–Crippen MR) is 144 cm³/mol. The molecule has 0 unspecified atom stereocenters. The van der Waals surface area contributed by atoms with Crippen LogP contribution in [0.2, 0.25) is 5.02 Å². The summed E-state index contributed by atoms with van der Waals surface area (Å²) in [6.07, 6.45) is 1.39. The Morgan fingerprint density at radius 1 is 1.11 bits per heavy atom. The number of hydrogen-bond donors (Lipinski definition) is 1. The first-order chi connectivity index (χ1) is 18.1. The highest BCUT2D eigenvalue weighted by Crippen LogP contribution is 2.31. The number of carbonyl (C=O) groups is 1. The highest BCUT2D eigenvalue weighted by Gasteiger charge is 2.27. The van der Waals surface area contributed by atoms with Gasteiger partial charge in [-0.3, -0.25) is 15.5 Å². The van der Waals surface area contributed by atoms with Crippen molar-refractivity contribution in [3.05, 3.63) is 86.9 Å². The Kier molecular flexibility index (Phi) is 9.40. The highest BCUT2D eigenvalue weighted by atomic mass is 35.5. The molecule has 3 rings (SSSR count). The van der Waals surface area contributed by atoms with Crippen LogP contribution >= 0.6 is 11.6 Å². The number of carbonyl (C=O) groups excluding carboxylic acids is 1. The number of nitro benzene ring substituents is 1. The van der Waals surface area contributed by atoms with Crippen LogP contribution in [0, 0.1) is 10.1 Å². The zero-order valence-electron chi connectivity index (χ0n) is 20.8. The smallest absolute Gasteiger partial charge is 0.345 e. The van der Waals surface area contributed by atoms with Crippen LogP contribution in [-0.4, -0.2) is 50.0 Å². The van der Waals surface area contributed by atoms with Crippen molar-refractivity contribution >= 4 is 45.2 Å². The number of halogens is 1. The average Bonchev–Trinajstić information content (AvgIpc) is 2.90. The van der Waals surface area contributed by atoms with Crippen LogP contribution in [0.1, 0.15) is 29.8 Å². The summed E-state index contributed by atoms with van der Waals surface area (Å²) in [6, 6.07) is 14.6. The molecule has 0 spiro atoms. The van der Waals surface area contributed by atoms with Gasteiger partial charge in [0.05, 0.1) is 34.5 Å². The molecule has 0 atom stereocenters. The number of anilines is 1. The topological polar surface area (TPSA) is 140 Å². The molecule has 3 aromatic carbocycles. The second kappa shape index (κ2) is 12.5.